The van der Waals surface area contributed by atoms with Gasteiger partial charge in [0, 0.05) is 0 Å². The second-order valence-electron chi connectivity index (χ2n) is 2.75. The van der Waals surface area contributed by atoms with Crippen LogP contribution in [-0.4, -0.2) is 46.4 Å². The predicted octanol–water partition coefficient (Wildman–Crippen LogP) is -0.109. The van der Waals surface area contributed by atoms with E-state index in [1.807, 2.05) is 6.92 Å². The molecule has 4 N–H and O–H groups in total. The molecule has 1 saturated carbocycles. The van der Waals surface area contributed by atoms with Crippen molar-refractivity contribution in [2.24, 2.45) is 0 Å². The third-order valence-electron chi connectivity index (χ3n) is 1.14. The highest BCUT2D eigenvalue weighted by Crippen LogP contribution is 2.14. The summed E-state index contributed by atoms with van der Waals surface area (Å²) in [5.41, 5.74) is 0. The molecule has 1 unspecified atom stereocenters. The molecule has 1 rings (SSSR count). The zero-order valence-corrected chi connectivity index (χ0v) is 8.32. The van der Waals surface area contributed by atoms with Gasteiger partial charge in [-0.05, 0) is 6.42 Å². The van der Waals surface area contributed by atoms with Crippen molar-refractivity contribution in [3.8, 4) is 0 Å². The van der Waals surface area contributed by atoms with Crippen LogP contribution in [0.3, 0.4) is 0 Å². The molecule has 4 heteroatoms. The first kappa shape index (κ1) is 15.3. The van der Waals surface area contributed by atoms with Gasteiger partial charge >= 0.3 is 0 Å². The lowest BCUT2D eigenvalue weighted by atomic mass is 10.3. The van der Waals surface area contributed by atoms with E-state index in [4.69, 9.17) is 20.4 Å². The molecule has 1 aliphatic rings. The van der Waals surface area contributed by atoms with Gasteiger partial charge in [0.25, 0.3) is 0 Å². The van der Waals surface area contributed by atoms with E-state index < -0.39 is 6.10 Å². The molecule has 0 aromatic carbocycles. The zero-order chi connectivity index (χ0) is 10.5. The summed E-state index contributed by atoms with van der Waals surface area (Å²) >= 11 is 0. The van der Waals surface area contributed by atoms with E-state index in [1.54, 1.807) is 0 Å². The molecule has 0 amide bonds. The minimum absolute atomic E-state index is 0.115. The fraction of sp³-hybridized carbons (Fsp3) is 1.00. The van der Waals surface area contributed by atoms with Crippen LogP contribution in [0.25, 0.3) is 0 Å². The van der Waals surface area contributed by atoms with Crippen LogP contribution >= 0.6 is 0 Å². The van der Waals surface area contributed by atoms with Crippen LogP contribution in [0.1, 0.15) is 32.6 Å². The first-order chi connectivity index (χ1) is 6.22. The largest absolute Gasteiger partial charge is 0.394 e. The standard InChI is InChI=1S/C4H10O2.C3H6.C2H6O2/c1-2-4(6)3-5;1-2-3-1;3-1-2-4/h4-6H,2-3H2,1H3;1-3H2;3-4H,1-2H2. The smallest absolute Gasteiger partial charge is 0.0768 e. The van der Waals surface area contributed by atoms with Gasteiger partial charge in [-0.1, -0.05) is 26.2 Å². The SMILES string of the molecule is C1CC1.CCC(O)CO.OCCO. The maximum Gasteiger partial charge on any atom is 0.0768 e. The number of hydrogen-bond acceptors (Lipinski definition) is 4. The summed E-state index contributed by atoms with van der Waals surface area (Å²) in [6, 6.07) is 0. The van der Waals surface area contributed by atoms with E-state index in [0.29, 0.717) is 6.42 Å². The third kappa shape index (κ3) is 33.6. The Morgan fingerprint density at radius 1 is 1.00 bits per heavy atom. The molecule has 0 bridgehead atoms. The molecular weight excluding hydrogens is 172 g/mol. The summed E-state index contributed by atoms with van der Waals surface area (Å²) in [7, 11) is 0. The first-order valence-electron chi connectivity index (χ1n) is 4.73. The monoisotopic (exact) mass is 194 g/mol. The summed E-state index contributed by atoms with van der Waals surface area (Å²) in [6.45, 7) is 1.46. The van der Waals surface area contributed by atoms with E-state index in [1.165, 1.54) is 19.3 Å². The number of rotatable bonds is 3. The molecule has 82 valence electrons. The highest BCUT2D eigenvalue weighted by Gasteiger charge is 1.95. The van der Waals surface area contributed by atoms with Crippen molar-refractivity contribution >= 4 is 0 Å². The van der Waals surface area contributed by atoms with Crippen LogP contribution in [0.2, 0.25) is 0 Å². The van der Waals surface area contributed by atoms with Crippen molar-refractivity contribution in [3.05, 3.63) is 0 Å². The molecule has 0 saturated heterocycles. The first-order valence-corrected chi connectivity index (χ1v) is 4.73. The Bertz CT molecular complexity index is 67.3. The van der Waals surface area contributed by atoms with E-state index >= 15 is 0 Å². The molecule has 0 spiro atoms. The predicted molar refractivity (Wildman–Crippen MR) is 51.4 cm³/mol. The van der Waals surface area contributed by atoms with E-state index in [-0.39, 0.29) is 19.8 Å². The lowest BCUT2D eigenvalue weighted by Gasteiger charge is -1.97. The summed E-state index contributed by atoms with van der Waals surface area (Å²) < 4.78 is 0. The molecular formula is C9H22O4. The lowest BCUT2D eigenvalue weighted by Crippen LogP contribution is -2.08. The van der Waals surface area contributed by atoms with Crippen LogP contribution in [0, 0.1) is 0 Å². The minimum Gasteiger partial charge on any atom is -0.394 e. The highest BCUT2D eigenvalue weighted by molar-refractivity contribution is 4.50. The minimum atomic E-state index is -0.509. The maximum absolute atomic E-state index is 8.42. The van der Waals surface area contributed by atoms with Gasteiger partial charge in [0.2, 0.25) is 0 Å². The average Bonchev–Trinajstić information content (AvgIpc) is 3.03. The second kappa shape index (κ2) is 14.4. The van der Waals surface area contributed by atoms with Crippen LogP contribution in [-0.2, 0) is 0 Å². The number of aliphatic hydroxyl groups excluding tert-OH is 4. The van der Waals surface area contributed by atoms with Crippen molar-refractivity contribution in [1.29, 1.82) is 0 Å². The molecule has 1 atom stereocenters. The molecule has 0 radical (unpaired) electrons. The van der Waals surface area contributed by atoms with E-state index in [9.17, 15) is 0 Å². The molecule has 4 nitrogen and oxygen atoms in total. The molecule has 1 fully saturated rings. The molecule has 0 heterocycles. The topological polar surface area (TPSA) is 80.9 Å². The van der Waals surface area contributed by atoms with Gasteiger partial charge in [0.05, 0.1) is 25.9 Å². The van der Waals surface area contributed by atoms with Gasteiger partial charge in [-0.25, -0.2) is 0 Å². The Balaban J connectivity index is 0. The Morgan fingerprint density at radius 2 is 1.38 bits per heavy atom. The van der Waals surface area contributed by atoms with Gasteiger partial charge in [-0.3, -0.25) is 0 Å². The Labute approximate surface area is 79.8 Å². The molecule has 0 aromatic rings. The van der Waals surface area contributed by atoms with Crippen LogP contribution in [0.5, 0.6) is 0 Å². The summed E-state index contributed by atoms with van der Waals surface area (Å²) in [4.78, 5) is 0. The van der Waals surface area contributed by atoms with Crippen LogP contribution < -0.4 is 0 Å². The highest BCUT2D eigenvalue weighted by atomic mass is 16.3. The van der Waals surface area contributed by atoms with Gasteiger partial charge in [0.15, 0.2) is 0 Å². The van der Waals surface area contributed by atoms with E-state index in [0.717, 1.165) is 0 Å². The average molecular weight is 194 g/mol. The summed E-state index contributed by atoms with van der Waals surface area (Å²) in [5, 5.41) is 31.8. The normalized spacial score (nSPS) is 14.5. The van der Waals surface area contributed by atoms with Gasteiger partial charge < -0.3 is 20.4 Å². The molecule has 1 aliphatic carbocycles. The molecule has 0 aliphatic heterocycles. The summed E-state index contributed by atoms with van der Waals surface area (Å²) in [6.07, 6.45) is 4.63. The van der Waals surface area contributed by atoms with Crippen molar-refractivity contribution in [2.45, 2.75) is 38.7 Å². The second-order valence-corrected chi connectivity index (χ2v) is 2.75. The Hall–Kier alpha value is -0.160. The van der Waals surface area contributed by atoms with Gasteiger partial charge in [0.1, 0.15) is 0 Å². The van der Waals surface area contributed by atoms with Crippen LogP contribution in [0.15, 0.2) is 0 Å². The van der Waals surface area contributed by atoms with Crippen molar-refractivity contribution < 1.29 is 20.4 Å². The quantitative estimate of drug-likeness (QED) is 0.505. The van der Waals surface area contributed by atoms with Crippen molar-refractivity contribution in [1.82, 2.24) is 0 Å². The Kier molecular flexibility index (Phi) is 16.9. The lowest BCUT2D eigenvalue weighted by molar-refractivity contribution is 0.0923. The van der Waals surface area contributed by atoms with Crippen molar-refractivity contribution in [2.75, 3.05) is 19.8 Å². The fourth-order valence-electron chi connectivity index (χ4n) is 0.129. The van der Waals surface area contributed by atoms with E-state index in [2.05, 4.69) is 0 Å². The molecule has 0 aromatic heterocycles. The third-order valence-corrected chi connectivity index (χ3v) is 1.14. The van der Waals surface area contributed by atoms with Crippen molar-refractivity contribution in [3.63, 3.8) is 0 Å². The fourth-order valence-corrected chi connectivity index (χ4v) is 0.129. The molecule has 13 heavy (non-hydrogen) atoms. The number of aliphatic hydroxyl groups is 4. The Morgan fingerprint density at radius 3 is 1.38 bits per heavy atom. The maximum atomic E-state index is 8.42. The summed E-state index contributed by atoms with van der Waals surface area (Å²) in [5.74, 6) is 0. The van der Waals surface area contributed by atoms with Gasteiger partial charge in [-0.2, -0.15) is 0 Å². The van der Waals surface area contributed by atoms with Crippen LogP contribution in [0.4, 0.5) is 0 Å². The number of hydrogen-bond donors (Lipinski definition) is 4. The zero-order valence-electron chi connectivity index (χ0n) is 8.32. The van der Waals surface area contributed by atoms with Gasteiger partial charge in [-0.15, -0.1) is 0 Å².